The van der Waals surface area contributed by atoms with E-state index in [2.05, 4.69) is 38.2 Å². The van der Waals surface area contributed by atoms with Gasteiger partial charge in [0.1, 0.15) is 5.75 Å². The molecule has 0 amide bonds. The summed E-state index contributed by atoms with van der Waals surface area (Å²) in [6.07, 6.45) is 2.28. The van der Waals surface area contributed by atoms with Gasteiger partial charge < -0.3 is 10.1 Å². The van der Waals surface area contributed by atoms with Gasteiger partial charge in [-0.05, 0) is 44.0 Å². The second-order valence-corrected chi connectivity index (χ2v) is 4.48. The summed E-state index contributed by atoms with van der Waals surface area (Å²) >= 11 is 0. The van der Waals surface area contributed by atoms with Crippen LogP contribution in [0.3, 0.4) is 0 Å². The first-order valence-corrected chi connectivity index (χ1v) is 6.11. The Morgan fingerprint density at radius 2 is 2.06 bits per heavy atom. The van der Waals surface area contributed by atoms with Crippen LogP contribution in [0.25, 0.3) is 0 Å². The van der Waals surface area contributed by atoms with Crippen molar-refractivity contribution in [3.05, 3.63) is 29.8 Å². The number of nitrogens with one attached hydrogen (secondary N) is 1. The minimum Gasteiger partial charge on any atom is -0.494 e. The van der Waals surface area contributed by atoms with Gasteiger partial charge in [-0.1, -0.05) is 26.0 Å². The molecule has 1 aromatic rings. The average molecular weight is 221 g/mol. The average Bonchev–Trinajstić information content (AvgIpc) is 2.23. The normalized spacial score (nSPS) is 10.8. The Kier molecular flexibility index (Phi) is 5.94. The summed E-state index contributed by atoms with van der Waals surface area (Å²) in [5.74, 6) is 0.983. The van der Waals surface area contributed by atoms with Crippen molar-refractivity contribution >= 4 is 0 Å². The number of hydrogen-bond donors (Lipinski definition) is 1. The molecule has 0 bridgehead atoms. The van der Waals surface area contributed by atoms with E-state index in [1.54, 1.807) is 0 Å². The Labute approximate surface area is 99.0 Å². The fraction of sp³-hybridized carbons (Fsp3) is 0.571. The maximum Gasteiger partial charge on any atom is 0.119 e. The van der Waals surface area contributed by atoms with Crippen LogP contribution in [0.5, 0.6) is 5.75 Å². The lowest BCUT2D eigenvalue weighted by molar-refractivity contribution is 0.305. The topological polar surface area (TPSA) is 21.3 Å². The van der Waals surface area contributed by atoms with Gasteiger partial charge in [-0.3, -0.25) is 0 Å². The molecule has 1 aromatic carbocycles. The van der Waals surface area contributed by atoms with Gasteiger partial charge in [-0.25, -0.2) is 0 Å². The van der Waals surface area contributed by atoms with E-state index in [1.165, 1.54) is 12.0 Å². The van der Waals surface area contributed by atoms with E-state index in [0.29, 0.717) is 6.04 Å². The lowest BCUT2D eigenvalue weighted by Gasteiger charge is -2.09. The summed E-state index contributed by atoms with van der Waals surface area (Å²) in [5.41, 5.74) is 1.25. The molecule has 1 N–H and O–H groups in total. The Bertz CT molecular complexity index is 297. The largest absolute Gasteiger partial charge is 0.494 e. The van der Waals surface area contributed by atoms with Crippen molar-refractivity contribution in [1.29, 1.82) is 0 Å². The summed E-state index contributed by atoms with van der Waals surface area (Å²) in [7, 11) is 0. The monoisotopic (exact) mass is 221 g/mol. The molecule has 0 aromatic heterocycles. The first-order valence-electron chi connectivity index (χ1n) is 6.11. The summed E-state index contributed by atoms with van der Waals surface area (Å²) in [6, 6.07) is 8.79. The molecular weight excluding hydrogens is 198 g/mol. The van der Waals surface area contributed by atoms with Crippen LogP contribution in [-0.4, -0.2) is 19.2 Å². The van der Waals surface area contributed by atoms with Crippen LogP contribution < -0.4 is 10.1 Å². The summed E-state index contributed by atoms with van der Waals surface area (Å²) in [4.78, 5) is 0. The van der Waals surface area contributed by atoms with E-state index in [0.717, 1.165) is 25.3 Å². The number of unbranched alkanes of at least 4 members (excludes halogenated alkanes) is 1. The predicted octanol–water partition coefficient (Wildman–Crippen LogP) is 3.15. The highest BCUT2D eigenvalue weighted by molar-refractivity contribution is 5.27. The van der Waals surface area contributed by atoms with Crippen LogP contribution in [0, 0.1) is 6.92 Å². The van der Waals surface area contributed by atoms with Gasteiger partial charge in [0, 0.05) is 6.04 Å². The highest BCUT2D eigenvalue weighted by Gasteiger charge is 1.95. The molecule has 0 fully saturated rings. The standard InChI is InChI=1S/C14H23NO/c1-12(2)15-9-4-5-10-16-14-8-6-7-13(3)11-14/h6-8,11-12,15H,4-5,9-10H2,1-3H3. The van der Waals surface area contributed by atoms with Gasteiger partial charge in [0.2, 0.25) is 0 Å². The van der Waals surface area contributed by atoms with Crippen molar-refractivity contribution < 1.29 is 4.74 Å². The molecule has 2 nitrogen and oxygen atoms in total. The van der Waals surface area contributed by atoms with Crippen molar-refractivity contribution in [3.63, 3.8) is 0 Å². The van der Waals surface area contributed by atoms with Gasteiger partial charge in [0.05, 0.1) is 6.61 Å². The third kappa shape index (κ3) is 5.76. The van der Waals surface area contributed by atoms with E-state index in [4.69, 9.17) is 4.74 Å². The molecule has 2 heteroatoms. The lowest BCUT2D eigenvalue weighted by Crippen LogP contribution is -2.23. The molecule has 0 heterocycles. The number of hydrogen-bond acceptors (Lipinski definition) is 2. The van der Waals surface area contributed by atoms with Gasteiger partial charge >= 0.3 is 0 Å². The molecule has 0 spiro atoms. The minimum atomic E-state index is 0.581. The zero-order chi connectivity index (χ0) is 11.8. The van der Waals surface area contributed by atoms with Crippen molar-refractivity contribution in [1.82, 2.24) is 5.32 Å². The van der Waals surface area contributed by atoms with Crippen molar-refractivity contribution in [2.75, 3.05) is 13.2 Å². The molecule has 1 rings (SSSR count). The third-order valence-electron chi connectivity index (χ3n) is 2.38. The van der Waals surface area contributed by atoms with Crippen molar-refractivity contribution in [3.8, 4) is 5.75 Å². The number of aryl methyl sites for hydroxylation is 1. The number of rotatable bonds is 7. The maximum absolute atomic E-state index is 5.67. The molecule has 0 aliphatic rings. The zero-order valence-corrected chi connectivity index (χ0v) is 10.6. The lowest BCUT2D eigenvalue weighted by atomic mass is 10.2. The second-order valence-electron chi connectivity index (χ2n) is 4.48. The van der Waals surface area contributed by atoms with Gasteiger partial charge in [-0.15, -0.1) is 0 Å². The summed E-state index contributed by atoms with van der Waals surface area (Å²) < 4.78 is 5.67. The molecule has 90 valence electrons. The summed E-state index contributed by atoms with van der Waals surface area (Å²) in [6.45, 7) is 8.31. The zero-order valence-electron chi connectivity index (χ0n) is 10.6. The van der Waals surface area contributed by atoms with Gasteiger partial charge in [0.25, 0.3) is 0 Å². The van der Waals surface area contributed by atoms with Gasteiger partial charge in [0.15, 0.2) is 0 Å². The molecule has 0 saturated heterocycles. The van der Waals surface area contributed by atoms with E-state index < -0.39 is 0 Å². The second kappa shape index (κ2) is 7.29. The summed E-state index contributed by atoms with van der Waals surface area (Å²) in [5, 5.41) is 3.40. The molecule has 0 unspecified atom stereocenters. The molecular formula is C14H23NO. The van der Waals surface area contributed by atoms with Crippen LogP contribution in [0.2, 0.25) is 0 Å². The Morgan fingerprint density at radius 1 is 1.25 bits per heavy atom. The van der Waals surface area contributed by atoms with E-state index >= 15 is 0 Å². The fourth-order valence-corrected chi connectivity index (χ4v) is 1.51. The molecule has 0 aliphatic heterocycles. The SMILES string of the molecule is Cc1cccc(OCCCCNC(C)C)c1. The number of benzene rings is 1. The molecule has 16 heavy (non-hydrogen) atoms. The molecule has 0 radical (unpaired) electrons. The Morgan fingerprint density at radius 3 is 2.75 bits per heavy atom. The number of ether oxygens (including phenoxy) is 1. The minimum absolute atomic E-state index is 0.581. The van der Waals surface area contributed by atoms with Crippen LogP contribution >= 0.6 is 0 Å². The van der Waals surface area contributed by atoms with E-state index in [-0.39, 0.29) is 0 Å². The van der Waals surface area contributed by atoms with Crippen LogP contribution in [-0.2, 0) is 0 Å². The quantitative estimate of drug-likeness (QED) is 0.714. The Balaban J connectivity index is 2.07. The smallest absolute Gasteiger partial charge is 0.119 e. The maximum atomic E-state index is 5.67. The van der Waals surface area contributed by atoms with Gasteiger partial charge in [-0.2, -0.15) is 0 Å². The van der Waals surface area contributed by atoms with Crippen molar-refractivity contribution in [2.45, 2.75) is 39.7 Å². The molecule has 0 saturated carbocycles. The highest BCUT2D eigenvalue weighted by Crippen LogP contribution is 2.12. The van der Waals surface area contributed by atoms with E-state index in [9.17, 15) is 0 Å². The molecule has 0 atom stereocenters. The molecule has 0 aliphatic carbocycles. The first kappa shape index (κ1) is 13.0. The predicted molar refractivity (Wildman–Crippen MR) is 69.0 cm³/mol. The van der Waals surface area contributed by atoms with Crippen LogP contribution in [0.1, 0.15) is 32.3 Å². The first-order chi connectivity index (χ1) is 7.68. The van der Waals surface area contributed by atoms with Crippen molar-refractivity contribution in [2.24, 2.45) is 0 Å². The Hall–Kier alpha value is -1.02. The fourth-order valence-electron chi connectivity index (χ4n) is 1.51. The van der Waals surface area contributed by atoms with Crippen LogP contribution in [0.15, 0.2) is 24.3 Å². The highest BCUT2D eigenvalue weighted by atomic mass is 16.5. The van der Waals surface area contributed by atoms with Crippen LogP contribution in [0.4, 0.5) is 0 Å². The van der Waals surface area contributed by atoms with E-state index in [1.807, 2.05) is 12.1 Å². The third-order valence-corrected chi connectivity index (χ3v) is 2.38.